The quantitative estimate of drug-likeness (QED) is 0.715. The molecule has 0 saturated carbocycles. The lowest BCUT2D eigenvalue weighted by Crippen LogP contribution is -2.62. The second kappa shape index (κ2) is 5.61. The summed E-state index contributed by atoms with van der Waals surface area (Å²) in [5.41, 5.74) is 7.04. The van der Waals surface area contributed by atoms with Crippen molar-refractivity contribution >= 4 is 27.5 Å². The van der Waals surface area contributed by atoms with Crippen LogP contribution in [0.5, 0.6) is 0 Å². The van der Waals surface area contributed by atoms with Crippen LogP contribution in [0.15, 0.2) is 22.7 Å². The molecule has 21 heavy (non-hydrogen) atoms. The molecule has 4 nitrogen and oxygen atoms in total. The highest BCUT2D eigenvalue weighted by Gasteiger charge is 2.38. The number of hydrogen-bond acceptors (Lipinski definition) is 3. The fraction of sp³-hybridized carbons (Fsp3) is 0.562. The highest BCUT2D eigenvalue weighted by Crippen LogP contribution is 2.29. The highest BCUT2D eigenvalue weighted by molar-refractivity contribution is 9.10. The van der Waals surface area contributed by atoms with Crippen molar-refractivity contribution in [3.05, 3.63) is 28.2 Å². The maximum Gasteiger partial charge on any atom is 0.251 e. The van der Waals surface area contributed by atoms with Gasteiger partial charge in [-0.15, -0.1) is 0 Å². The maximum atomic E-state index is 12.4. The van der Waals surface area contributed by atoms with Gasteiger partial charge in [-0.05, 0) is 74.7 Å². The Labute approximate surface area is 135 Å². The van der Waals surface area contributed by atoms with Crippen molar-refractivity contribution in [2.45, 2.75) is 57.7 Å². The smallest absolute Gasteiger partial charge is 0.251 e. The van der Waals surface area contributed by atoms with E-state index in [0.29, 0.717) is 11.3 Å². The third kappa shape index (κ3) is 4.20. The molecule has 1 heterocycles. The normalized spacial score (nSPS) is 21.0. The van der Waals surface area contributed by atoms with Gasteiger partial charge in [-0.25, -0.2) is 0 Å². The fourth-order valence-electron chi connectivity index (χ4n) is 3.38. The minimum atomic E-state index is -0.0623. The predicted octanol–water partition coefficient (Wildman–Crippen LogP) is 3.07. The molecule has 116 valence electrons. The topological polar surface area (TPSA) is 67.2 Å². The van der Waals surface area contributed by atoms with E-state index in [0.717, 1.165) is 17.3 Å². The van der Waals surface area contributed by atoms with Gasteiger partial charge < -0.3 is 16.4 Å². The molecule has 1 aromatic rings. The van der Waals surface area contributed by atoms with E-state index in [4.69, 9.17) is 5.73 Å². The lowest BCUT2D eigenvalue weighted by molar-refractivity contribution is 0.0873. The van der Waals surface area contributed by atoms with Crippen molar-refractivity contribution in [2.24, 2.45) is 0 Å². The first-order chi connectivity index (χ1) is 9.58. The number of hydrogen-bond donors (Lipinski definition) is 3. The van der Waals surface area contributed by atoms with Gasteiger partial charge in [0.2, 0.25) is 0 Å². The number of amides is 1. The second-order valence-electron chi connectivity index (χ2n) is 7.21. The third-order valence-corrected chi connectivity index (χ3v) is 4.51. The Morgan fingerprint density at radius 1 is 1.29 bits per heavy atom. The average molecular weight is 354 g/mol. The van der Waals surface area contributed by atoms with E-state index in [9.17, 15) is 4.79 Å². The zero-order valence-corrected chi connectivity index (χ0v) is 14.7. The zero-order chi connectivity index (χ0) is 15.8. The molecule has 0 spiro atoms. The summed E-state index contributed by atoms with van der Waals surface area (Å²) in [6.45, 7) is 8.69. The summed E-state index contributed by atoms with van der Waals surface area (Å²) in [5.74, 6) is -0.0623. The fourth-order valence-corrected chi connectivity index (χ4v) is 3.62. The van der Waals surface area contributed by atoms with Gasteiger partial charge in [-0.3, -0.25) is 4.79 Å². The number of carbonyl (C=O) groups excluding carboxylic acids is 1. The van der Waals surface area contributed by atoms with Gasteiger partial charge in [0, 0.05) is 32.8 Å². The number of anilines is 1. The van der Waals surface area contributed by atoms with Crippen molar-refractivity contribution in [1.29, 1.82) is 0 Å². The molecule has 1 fully saturated rings. The minimum absolute atomic E-state index is 0.0123. The summed E-state index contributed by atoms with van der Waals surface area (Å²) < 4.78 is 0.809. The van der Waals surface area contributed by atoms with Gasteiger partial charge in [0.05, 0.1) is 0 Å². The number of benzene rings is 1. The van der Waals surface area contributed by atoms with Crippen molar-refractivity contribution < 1.29 is 4.79 Å². The van der Waals surface area contributed by atoms with E-state index in [-0.39, 0.29) is 23.0 Å². The first-order valence-electron chi connectivity index (χ1n) is 7.23. The molecule has 0 bridgehead atoms. The Balaban J connectivity index is 2.10. The third-order valence-electron chi connectivity index (χ3n) is 3.78. The van der Waals surface area contributed by atoms with Crippen LogP contribution in [0.3, 0.4) is 0 Å². The van der Waals surface area contributed by atoms with E-state index < -0.39 is 0 Å². The van der Waals surface area contributed by atoms with Crippen molar-refractivity contribution in [1.82, 2.24) is 10.6 Å². The van der Waals surface area contributed by atoms with Gasteiger partial charge in [-0.2, -0.15) is 0 Å². The van der Waals surface area contributed by atoms with E-state index in [1.807, 2.05) is 0 Å². The largest absolute Gasteiger partial charge is 0.398 e. The highest BCUT2D eigenvalue weighted by atomic mass is 79.9. The van der Waals surface area contributed by atoms with Crippen LogP contribution in [0, 0.1) is 0 Å². The Hall–Kier alpha value is -1.07. The Bertz CT molecular complexity index is 538. The van der Waals surface area contributed by atoms with Crippen LogP contribution in [0.1, 0.15) is 50.9 Å². The van der Waals surface area contributed by atoms with E-state index >= 15 is 0 Å². The second-order valence-corrected chi connectivity index (χ2v) is 8.06. The summed E-state index contributed by atoms with van der Waals surface area (Å²) in [7, 11) is 0. The summed E-state index contributed by atoms with van der Waals surface area (Å²) in [6, 6.07) is 5.46. The van der Waals surface area contributed by atoms with Gasteiger partial charge in [0.15, 0.2) is 0 Å². The van der Waals surface area contributed by atoms with Crippen molar-refractivity contribution in [2.75, 3.05) is 5.73 Å². The summed E-state index contributed by atoms with van der Waals surface area (Å²) in [6.07, 6.45) is 1.82. The molecule has 1 amide bonds. The summed E-state index contributed by atoms with van der Waals surface area (Å²) >= 11 is 3.34. The lowest BCUT2D eigenvalue weighted by atomic mass is 9.79. The molecule has 2 rings (SSSR count). The SMILES string of the molecule is CC1(C)CC(NC(=O)c2ccc(Br)c(N)c2)CC(C)(C)N1. The molecule has 0 aliphatic carbocycles. The molecular formula is C16H24BrN3O. The number of carbonyl (C=O) groups is 1. The van der Waals surface area contributed by atoms with Crippen LogP contribution in [0.2, 0.25) is 0 Å². The summed E-state index contributed by atoms with van der Waals surface area (Å²) in [5, 5.41) is 6.76. The van der Waals surface area contributed by atoms with Gasteiger partial charge in [0.25, 0.3) is 5.91 Å². The van der Waals surface area contributed by atoms with Crippen molar-refractivity contribution in [3.8, 4) is 0 Å². The van der Waals surface area contributed by atoms with Crippen LogP contribution in [-0.4, -0.2) is 23.0 Å². The lowest BCUT2D eigenvalue weighted by Gasteiger charge is -2.46. The molecule has 4 N–H and O–H groups in total. The molecule has 5 heteroatoms. The Morgan fingerprint density at radius 3 is 2.38 bits per heavy atom. The molecule has 0 aromatic heterocycles. The van der Waals surface area contributed by atoms with Crippen molar-refractivity contribution in [3.63, 3.8) is 0 Å². The zero-order valence-electron chi connectivity index (χ0n) is 13.1. The molecule has 0 atom stereocenters. The molecule has 0 unspecified atom stereocenters. The van der Waals surface area contributed by atoms with Crippen LogP contribution in [0.25, 0.3) is 0 Å². The van der Waals surface area contributed by atoms with E-state index in [1.54, 1.807) is 18.2 Å². The number of nitrogens with two attached hydrogens (primary N) is 1. The van der Waals surface area contributed by atoms with E-state index in [2.05, 4.69) is 54.3 Å². The van der Waals surface area contributed by atoms with Crippen LogP contribution >= 0.6 is 15.9 Å². The number of rotatable bonds is 2. The number of nitrogen functional groups attached to an aromatic ring is 1. The van der Waals surface area contributed by atoms with E-state index in [1.165, 1.54) is 0 Å². The number of nitrogens with one attached hydrogen (secondary N) is 2. The molecule has 1 aliphatic heterocycles. The molecular weight excluding hydrogens is 330 g/mol. The van der Waals surface area contributed by atoms with Gasteiger partial charge in [-0.1, -0.05) is 0 Å². The van der Waals surface area contributed by atoms with Gasteiger partial charge in [0.1, 0.15) is 0 Å². The summed E-state index contributed by atoms with van der Waals surface area (Å²) in [4.78, 5) is 12.4. The molecule has 1 aromatic carbocycles. The van der Waals surface area contributed by atoms with Gasteiger partial charge >= 0.3 is 0 Å². The Kier molecular flexibility index (Phi) is 4.36. The minimum Gasteiger partial charge on any atom is -0.398 e. The first kappa shape index (κ1) is 16.3. The monoisotopic (exact) mass is 353 g/mol. The standard InChI is InChI=1S/C16H24BrN3O/c1-15(2)8-11(9-16(3,4)20-15)19-14(21)10-5-6-12(17)13(18)7-10/h5-7,11,20H,8-9,18H2,1-4H3,(H,19,21). The number of piperidine rings is 1. The van der Waals surface area contributed by atoms with Crippen LogP contribution < -0.4 is 16.4 Å². The first-order valence-corrected chi connectivity index (χ1v) is 8.03. The number of halogens is 1. The molecule has 1 saturated heterocycles. The Morgan fingerprint density at radius 2 is 1.86 bits per heavy atom. The molecule has 0 radical (unpaired) electrons. The predicted molar refractivity (Wildman–Crippen MR) is 90.3 cm³/mol. The van der Waals surface area contributed by atoms with Crippen LogP contribution in [0.4, 0.5) is 5.69 Å². The van der Waals surface area contributed by atoms with Crippen LogP contribution in [-0.2, 0) is 0 Å². The molecule has 1 aliphatic rings. The maximum absolute atomic E-state index is 12.4. The average Bonchev–Trinajstić information content (AvgIpc) is 2.28.